The summed E-state index contributed by atoms with van der Waals surface area (Å²) in [5, 5.41) is 7.13. The van der Waals surface area contributed by atoms with E-state index in [1.807, 2.05) is 13.1 Å². The predicted molar refractivity (Wildman–Crippen MR) is 123 cm³/mol. The summed E-state index contributed by atoms with van der Waals surface area (Å²) in [5.74, 6) is 2.55. The first-order valence-corrected chi connectivity index (χ1v) is 11.9. The molecule has 1 atom stereocenters. The van der Waals surface area contributed by atoms with Crippen LogP contribution in [0, 0.1) is 0 Å². The quantitative estimate of drug-likeness (QED) is 0.512. The molecule has 3 heterocycles. The minimum atomic E-state index is -0.00295. The molecule has 1 unspecified atom stereocenters. The Morgan fingerprint density at radius 3 is 2.81 bits per heavy atom. The summed E-state index contributed by atoms with van der Waals surface area (Å²) in [6, 6.07) is 7.09. The molecule has 3 aliphatic rings. The highest BCUT2D eigenvalue weighted by molar-refractivity contribution is 5.79. The fourth-order valence-corrected chi connectivity index (χ4v) is 5.16. The van der Waals surface area contributed by atoms with Gasteiger partial charge in [-0.1, -0.05) is 19.4 Å². The van der Waals surface area contributed by atoms with Gasteiger partial charge in [-0.25, -0.2) is 0 Å². The third kappa shape index (κ3) is 5.26. The molecule has 0 aliphatic carbocycles. The topological polar surface area (TPSA) is 67.4 Å². The molecule has 0 bridgehead atoms. The molecule has 2 N–H and O–H groups in total. The number of nitrogens with one attached hydrogen (secondary N) is 2. The van der Waals surface area contributed by atoms with Crippen LogP contribution in [0.4, 0.5) is 0 Å². The van der Waals surface area contributed by atoms with E-state index < -0.39 is 0 Å². The maximum atomic E-state index is 5.69. The Bertz CT molecular complexity index is 748. The van der Waals surface area contributed by atoms with Gasteiger partial charge in [-0.15, -0.1) is 0 Å². The average molecular weight is 431 g/mol. The lowest BCUT2D eigenvalue weighted by Gasteiger charge is -2.38. The number of hydrogen-bond acceptors (Lipinski definition) is 5. The monoisotopic (exact) mass is 430 g/mol. The van der Waals surface area contributed by atoms with Crippen LogP contribution in [-0.4, -0.2) is 70.1 Å². The van der Waals surface area contributed by atoms with Crippen molar-refractivity contribution in [1.29, 1.82) is 0 Å². The molecule has 0 amide bonds. The minimum absolute atomic E-state index is 0.00295. The van der Waals surface area contributed by atoms with Crippen LogP contribution in [-0.2, 0) is 10.2 Å². The summed E-state index contributed by atoms with van der Waals surface area (Å²) < 4.78 is 16.8. The van der Waals surface area contributed by atoms with Crippen molar-refractivity contribution >= 4 is 5.96 Å². The Kier molecular flexibility index (Phi) is 7.56. The van der Waals surface area contributed by atoms with E-state index in [1.54, 1.807) is 0 Å². The molecule has 2 fully saturated rings. The fourth-order valence-electron chi connectivity index (χ4n) is 5.16. The van der Waals surface area contributed by atoms with Gasteiger partial charge >= 0.3 is 0 Å². The van der Waals surface area contributed by atoms with E-state index in [1.165, 1.54) is 37.8 Å². The van der Waals surface area contributed by atoms with Crippen molar-refractivity contribution in [2.45, 2.75) is 56.9 Å². The molecular weight excluding hydrogens is 392 g/mol. The number of aliphatic imine (C=N–C) groups is 1. The smallest absolute Gasteiger partial charge is 0.231 e. The maximum absolute atomic E-state index is 5.69. The molecule has 7 heteroatoms. The summed E-state index contributed by atoms with van der Waals surface area (Å²) in [6.07, 6.45) is 7.22. The first-order chi connectivity index (χ1) is 15.2. The van der Waals surface area contributed by atoms with Crippen molar-refractivity contribution in [2.75, 3.05) is 53.2 Å². The largest absolute Gasteiger partial charge is 0.454 e. The van der Waals surface area contributed by atoms with Crippen molar-refractivity contribution in [1.82, 2.24) is 15.5 Å². The molecular formula is C24H38N4O3. The molecule has 172 valence electrons. The molecule has 1 aromatic carbocycles. The van der Waals surface area contributed by atoms with Gasteiger partial charge in [-0.3, -0.25) is 9.89 Å². The van der Waals surface area contributed by atoms with Crippen LogP contribution in [0.2, 0.25) is 0 Å². The number of hydrogen-bond donors (Lipinski definition) is 2. The van der Waals surface area contributed by atoms with Gasteiger partial charge in [0.05, 0.1) is 0 Å². The van der Waals surface area contributed by atoms with Crippen molar-refractivity contribution in [3.8, 4) is 11.5 Å². The van der Waals surface area contributed by atoms with Crippen LogP contribution >= 0.6 is 0 Å². The number of guanidine groups is 1. The van der Waals surface area contributed by atoms with Crippen LogP contribution in [0.15, 0.2) is 23.2 Å². The van der Waals surface area contributed by atoms with E-state index in [0.717, 1.165) is 69.2 Å². The van der Waals surface area contributed by atoms with E-state index in [-0.39, 0.29) is 5.41 Å². The first-order valence-electron chi connectivity index (χ1n) is 11.9. The van der Waals surface area contributed by atoms with E-state index in [9.17, 15) is 0 Å². The minimum Gasteiger partial charge on any atom is -0.454 e. The van der Waals surface area contributed by atoms with Gasteiger partial charge in [0, 0.05) is 51.4 Å². The van der Waals surface area contributed by atoms with Crippen LogP contribution in [0.1, 0.15) is 51.0 Å². The molecule has 31 heavy (non-hydrogen) atoms. The molecule has 3 aliphatic heterocycles. The highest BCUT2D eigenvalue weighted by Gasteiger charge is 2.36. The molecule has 4 rings (SSSR count). The number of likely N-dealkylation sites (tertiary alicyclic amines) is 1. The van der Waals surface area contributed by atoms with Crippen molar-refractivity contribution < 1.29 is 14.2 Å². The van der Waals surface area contributed by atoms with Gasteiger partial charge < -0.3 is 24.8 Å². The van der Waals surface area contributed by atoms with Crippen molar-refractivity contribution in [2.24, 2.45) is 4.99 Å². The Balaban J connectivity index is 1.35. The summed E-state index contributed by atoms with van der Waals surface area (Å²) >= 11 is 0. The second kappa shape index (κ2) is 10.6. The van der Waals surface area contributed by atoms with Crippen LogP contribution in [0.3, 0.4) is 0 Å². The van der Waals surface area contributed by atoms with Crippen molar-refractivity contribution in [3.63, 3.8) is 0 Å². The van der Waals surface area contributed by atoms with Gasteiger partial charge in [0.25, 0.3) is 0 Å². The van der Waals surface area contributed by atoms with E-state index >= 15 is 0 Å². The van der Waals surface area contributed by atoms with Gasteiger partial charge in [0.1, 0.15) is 0 Å². The van der Waals surface area contributed by atoms with E-state index in [4.69, 9.17) is 14.2 Å². The normalized spacial score (nSPS) is 23.5. The summed E-state index contributed by atoms with van der Waals surface area (Å²) in [6.45, 7) is 8.18. The molecule has 0 aromatic heterocycles. The molecule has 1 aromatic rings. The lowest BCUT2D eigenvalue weighted by atomic mass is 9.74. The first kappa shape index (κ1) is 22.2. The highest BCUT2D eigenvalue weighted by Crippen LogP contribution is 2.40. The fraction of sp³-hybridized carbons (Fsp3) is 0.708. The number of rotatable bonds is 7. The summed E-state index contributed by atoms with van der Waals surface area (Å²) in [4.78, 5) is 7.11. The molecule has 0 spiro atoms. The van der Waals surface area contributed by atoms with Crippen LogP contribution in [0.5, 0.6) is 11.5 Å². The summed E-state index contributed by atoms with van der Waals surface area (Å²) in [7, 11) is 1.85. The number of piperidine rings is 1. The number of ether oxygens (including phenoxy) is 3. The zero-order chi connectivity index (χ0) is 21.5. The average Bonchev–Trinajstić information content (AvgIpc) is 3.30. The van der Waals surface area contributed by atoms with Gasteiger partial charge in [-0.2, -0.15) is 0 Å². The summed E-state index contributed by atoms with van der Waals surface area (Å²) in [5.41, 5.74) is 1.28. The zero-order valence-corrected chi connectivity index (χ0v) is 19.1. The third-order valence-electron chi connectivity index (χ3n) is 7.16. The maximum Gasteiger partial charge on any atom is 0.231 e. The highest BCUT2D eigenvalue weighted by atomic mass is 16.7. The lowest BCUT2D eigenvalue weighted by Crippen LogP contribution is -2.50. The molecule has 2 saturated heterocycles. The SMILES string of the molecule is CCC1CCCCN1CCNC(=NC)NCC1(c2ccc3c(c2)OCO3)CCOCC1. The third-order valence-corrected chi connectivity index (χ3v) is 7.16. The zero-order valence-electron chi connectivity index (χ0n) is 19.1. The Labute approximate surface area is 186 Å². The Morgan fingerprint density at radius 1 is 1.16 bits per heavy atom. The van der Waals surface area contributed by atoms with Crippen molar-refractivity contribution in [3.05, 3.63) is 23.8 Å². The van der Waals surface area contributed by atoms with Gasteiger partial charge in [-0.05, 0) is 56.3 Å². The van der Waals surface area contributed by atoms with E-state index in [2.05, 4.69) is 39.6 Å². The van der Waals surface area contributed by atoms with Gasteiger partial charge in [0.15, 0.2) is 17.5 Å². The van der Waals surface area contributed by atoms with Crippen LogP contribution in [0.25, 0.3) is 0 Å². The second-order valence-corrected chi connectivity index (χ2v) is 8.91. The second-order valence-electron chi connectivity index (χ2n) is 8.91. The van der Waals surface area contributed by atoms with Crippen LogP contribution < -0.4 is 20.1 Å². The van der Waals surface area contributed by atoms with Gasteiger partial charge in [0.2, 0.25) is 6.79 Å². The lowest BCUT2D eigenvalue weighted by molar-refractivity contribution is 0.0513. The number of benzene rings is 1. The van der Waals surface area contributed by atoms with E-state index in [0.29, 0.717) is 6.79 Å². The Morgan fingerprint density at radius 2 is 2.00 bits per heavy atom. The molecule has 0 saturated carbocycles. The Hall–Kier alpha value is -1.99. The number of fused-ring (bicyclic) bond motifs is 1. The molecule has 0 radical (unpaired) electrons. The standard InChI is InChI=1S/C24H38N4O3/c1-3-20-6-4-5-12-28(20)13-11-26-23(25-2)27-17-24(9-14-29-15-10-24)19-7-8-21-22(16-19)31-18-30-21/h7-8,16,20H,3-6,9-15,17-18H2,1-2H3,(H2,25,26,27). The number of nitrogens with zero attached hydrogens (tertiary/aromatic N) is 2. The predicted octanol–water partition coefficient (Wildman–Crippen LogP) is 2.89. The molecule has 7 nitrogen and oxygen atoms in total.